The normalized spacial score (nSPS) is 11.7. The van der Waals surface area contributed by atoms with Crippen LogP contribution in [0.1, 0.15) is 5.56 Å². The Morgan fingerprint density at radius 1 is 1.53 bits per heavy atom. The molecular weight excluding hydrogens is 250 g/mol. The molecule has 0 unspecified atom stereocenters. The van der Waals surface area contributed by atoms with Crippen LogP contribution in [-0.2, 0) is 7.05 Å². The first-order valence-electron chi connectivity index (χ1n) is 5.33. The summed E-state index contributed by atoms with van der Waals surface area (Å²) in [4.78, 5) is 24.5. The molecule has 0 radical (unpaired) electrons. The molecule has 0 amide bonds. The second kappa shape index (κ2) is 4.45. The zero-order valence-electron chi connectivity index (χ0n) is 10.1. The van der Waals surface area contributed by atoms with Crippen molar-refractivity contribution in [1.82, 2.24) is 9.55 Å². The highest BCUT2D eigenvalue weighted by Gasteiger charge is 2.12. The first kappa shape index (κ1) is 12.6. The highest BCUT2D eigenvalue weighted by Crippen LogP contribution is 2.26. The summed E-state index contributed by atoms with van der Waals surface area (Å²) in [5.41, 5.74) is 0.181. The maximum Gasteiger partial charge on any atom is 0.311 e. The largest absolute Gasteiger partial charge is 0.502 e. The molecule has 0 aliphatic heterocycles. The maximum absolute atomic E-state index is 11.8. The monoisotopic (exact) mass is 261 g/mol. The molecule has 98 valence electrons. The molecule has 0 saturated heterocycles. The van der Waals surface area contributed by atoms with Gasteiger partial charge in [-0.1, -0.05) is 12.6 Å². The van der Waals surface area contributed by atoms with Gasteiger partial charge >= 0.3 is 5.69 Å². The van der Waals surface area contributed by atoms with Crippen LogP contribution in [0.2, 0.25) is 0 Å². The van der Waals surface area contributed by atoms with E-state index in [0.29, 0.717) is 11.0 Å². The number of nitro benzene ring substituents is 1. The van der Waals surface area contributed by atoms with Crippen LogP contribution in [0.3, 0.4) is 0 Å². The number of phenols is 1. The number of hydrogen-bond acceptors (Lipinski definition) is 4. The molecule has 19 heavy (non-hydrogen) atoms. The number of phenolic OH excluding ortho intramolecular Hbond substituents is 1. The molecule has 2 rings (SSSR count). The van der Waals surface area contributed by atoms with E-state index < -0.39 is 16.4 Å². The molecule has 1 aromatic heterocycles. The molecule has 1 aromatic carbocycles. The molecular formula is C12H11N3O4. The van der Waals surface area contributed by atoms with Crippen molar-refractivity contribution in [2.24, 2.45) is 7.05 Å². The van der Waals surface area contributed by atoms with Gasteiger partial charge in [-0.15, -0.1) is 0 Å². The number of aromatic nitrogens is 2. The summed E-state index contributed by atoms with van der Waals surface area (Å²) in [5, 5.41) is 20.3. The first-order chi connectivity index (χ1) is 8.90. The fourth-order valence-corrected chi connectivity index (χ4v) is 1.64. The van der Waals surface area contributed by atoms with Gasteiger partial charge in [0.15, 0.2) is 5.75 Å². The number of aromatic amines is 1. The lowest BCUT2D eigenvalue weighted by Gasteiger charge is -1.96. The van der Waals surface area contributed by atoms with Gasteiger partial charge in [0.1, 0.15) is 10.8 Å². The molecule has 7 nitrogen and oxygen atoms in total. The third kappa shape index (κ3) is 2.25. The maximum atomic E-state index is 11.8. The molecule has 0 atom stereocenters. The summed E-state index contributed by atoms with van der Waals surface area (Å²) in [7, 11) is 1.57. The van der Waals surface area contributed by atoms with E-state index in [1.807, 2.05) is 0 Å². The van der Waals surface area contributed by atoms with E-state index in [9.17, 15) is 20.0 Å². The number of nitrogens with one attached hydrogen (secondary N) is 1. The standard InChI is InChI=1S/C12H11N3O4/c1-7-13-9(12(17)14(7)2)5-8-3-4-11(16)10(6-8)15(18)19/h3-6,13,16H,1H2,2H3/b9-5-. The van der Waals surface area contributed by atoms with Gasteiger partial charge in [-0.3, -0.25) is 19.5 Å². The van der Waals surface area contributed by atoms with Gasteiger partial charge in [0.25, 0.3) is 5.56 Å². The third-order valence-corrected chi connectivity index (χ3v) is 2.73. The Labute approximate surface area is 106 Å². The van der Waals surface area contributed by atoms with E-state index in [1.165, 1.54) is 28.8 Å². The van der Waals surface area contributed by atoms with Crippen molar-refractivity contribution in [1.29, 1.82) is 0 Å². The summed E-state index contributed by atoms with van der Waals surface area (Å²) in [6.07, 6.45) is 1.46. The molecule has 7 heteroatoms. The minimum atomic E-state index is -0.688. The lowest BCUT2D eigenvalue weighted by Crippen LogP contribution is -2.28. The van der Waals surface area contributed by atoms with Crippen LogP contribution in [0.15, 0.2) is 23.0 Å². The van der Waals surface area contributed by atoms with Crippen LogP contribution < -0.4 is 16.4 Å². The van der Waals surface area contributed by atoms with Crippen molar-refractivity contribution in [3.05, 3.63) is 55.1 Å². The second-order valence-corrected chi connectivity index (χ2v) is 4.00. The Hall–Kier alpha value is -2.83. The van der Waals surface area contributed by atoms with E-state index in [1.54, 1.807) is 7.05 Å². The third-order valence-electron chi connectivity index (χ3n) is 2.73. The van der Waals surface area contributed by atoms with Gasteiger partial charge < -0.3 is 10.1 Å². The number of rotatable bonds is 2. The summed E-state index contributed by atoms with van der Waals surface area (Å²) >= 11 is 0. The lowest BCUT2D eigenvalue weighted by atomic mass is 10.2. The van der Waals surface area contributed by atoms with Crippen molar-refractivity contribution in [2.75, 3.05) is 0 Å². The number of hydrogen-bond donors (Lipinski definition) is 2. The Morgan fingerprint density at radius 2 is 2.21 bits per heavy atom. The predicted octanol–water partition coefficient (Wildman–Crippen LogP) is -0.434. The molecule has 0 bridgehead atoms. The van der Waals surface area contributed by atoms with Gasteiger partial charge in [0, 0.05) is 13.1 Å². The van der Waals surface area contributed by atoms with Crippen molar-refractivity contribution in [3.8, 4) is 5.75 Å². The number of aromatic hydroxyl groups is 1. The fraction of sp³-hybridized carbons (Fsp3) is 0.0833. The zero-order chi connectivity index (χ0) is 14.2. The Morgan fingerprint density at radius 3 is 2.74 bits per heavy atom. The van der Waals surface area contributed by atoms with Crippen molar-refractivity contribution in [2.45, 2.75) is 0 Å². The lowest BCUT2D eigenvalue weighted by molar-refractivity contribution is -0.385. The zero-order valence-corrected chi connectivity index (χ0v) is 10.1. The first-order valence-corrected chi connectivity index (χ1v) is 5.33. The fourth-order valence-electron chi connectivity index (χ4n) is 1.64. The molecule has 0 spiro atoms. The van der Waals surface area contributed by atoms with E-state index in [2.05, 4.69) is 11.6 Å². The smallest absolute Gasteiger partial charge is 0.311 e. The van der Waals surface area contributed by atoms with Gasteiger partial charge in [0.05, 0.1) is 4.92 Å². The highest BCUT2D eigenvalue weighted by molar-refractivity contribution is 5.57. The number of benzene rings is 1. The van der Waals surface area contributed by atoms with Crippen LogP contribution in [0.5, 0.6) is 5.75 Å². The average molecular weight is 261 g/mol. The molecule has 2 N–H and O–H groups in total. The van der Waals surface area contributed by atoms with Crippen molar-refractivity contribution < 1.29 is 10.0 Å². The topological polar surface area (TPSA) is 101 Å². The van der Waals surface area contributed by atoms with Gasteiger partial charge in [-0.05, 0) is 17.7 Å². The molecule has 0 fully saturated rings. The molecule has 1 heterocycles. The molecule has 0 aliphatic carbocycles. The Balaban J connectivity index is 2.64. The average Bonchev–Trinajstić information content (AvgIpc) is 2.59. The molecule has 0 saturated carbocycles. The summed E-state index contributed by atoms with van der Waals surface area (Å²) in [6, 6.07) is 3.88. The van der Waals surface area contributed by atoms with Crippen LogP contribution in [0.4, 0.5) is 5.69 Å². The van der Waals surface area contributed by atoms with Crippen LogP contribution in [0, 0.1) is 10.1 Å². The minimum Gasteiger partial charge on any atom is -0.502 e. The number of H-pyrrole nitrogens is 1. The van der Waals surface area contributed by atoms with Crippen molar-refractivity contribution >= 4 is 18.3 Å². The van der Waals surface area contributed by atoms with Gasteiger partial charge in [-0.2, -0.15) is 0 Å². The van der Waals surface area contributed by atoms with Crippen molar-refractivity contribution in [3.63, 3.8) is 0 Å². The van der Waals surface area contributed by atoms with Gasteiger partial charge in [-0.25, -0.2) is 0 Å². The Kier molecular flexibility index (Phi) is 2.95. The van der Waals surface area contributed by atoms with E-state index in [0.717, 1.165) is 0 Å². The SMILES string of the molecule is C=c1[nH]/c(=C\c2ccc(O)c([N+](=O)[O-])c2)c(=O)n1C. The summed E-state index contributed by atoms with van der Waals surface area (Å²) < 4.78 is 1.33. The van der Waals surface area contributed by atoms with Gasteiger partial charge in [0.2, 0.25) is 0 Å². The van der Waals surface area contributed by atoms with E-state index in [-0.39, 0.29) is 10.9 Å². The van der Waals surface area contributed by atoms with Crippen LogP contribution in [-0.4, -0.2) is 19.6 Å². The summed E-state index contributed by atoms with van der Waals surface area (Å²) in [6.45, 7) is 3.64. The number of nitrogens with zero attached hydrogens (tertiary/aromatic N) is 2. The van der Waals surface area contributed by atoms with Crippen LogP contribution in [0.25, 0.3) is 12.7 Å². The van der Waals surface area contributed by atoms with E-state index in [4.69, 9.17) is 0 Å². The minimum absolute atomic E-state index is 0.271. The van der Waals surface area contributed by atoms with E-state index >= 15 is 0 Å². The second-order valence-electron chi connectivity index (χ2n) is 4.00. The molecule has 2 aromatic rings. The number of nitro groups is 1. The molecule has 0 aliphatic rings. The Bertz CT molecular complexity index is 816. The highest BCUT2D eigenvalue weighted by atomic mass is 16.6. The quantitative estimate of drug-likeness (QED) is 0.565. The van der Waals surface area contributed by atoms with Crippen LogP contribution >= 0.6 is 0 Å². The predicted molar refractivity (Wildman–Crippen MR) is 69.1 cm³/mol. The number of imidazole rings is 1. The summed E-state index contributed by atoms with van der Waals surface area (Å²) in [5.74, 6) is -0.417.